The Bertz CT molecular complexity index is 987. The van der Waals surface area contributed by atoms with E-state index in [0.29, 0.717) is 29.8 Å². The molecule has 3 amide bonds. The smallest absolute Gasteiger partial charge is 0.315 e. The Hall–Kier alpha value is -2.44. The van der Waals surface area contributed by atoms with E-state index >= 15 is 0 Å². The number of amides is 3. The fourth-order valence-corrected chi connectivity index (χ4v) is 6.26. The number of carbonyl (C=O) groups is 2. The molecule has 3 N–H and O–H groups in total. The van der Waals surface area contributed by atoms with Gasteiger partial charge in [-0.25, -0.2) is 9.78 Å². The van der Waals surface area contributed by atoms with Gasteiger partial charge < -0.3 is 20.7 Å². The molecule has 1 aromatic carbocycles. The Balaban J connectivity index is 1.06. The molecule has 31 heavy (non-hydrogen) atoms. The minimum absolute atomic E-state index is 0.0502. The number of thiazole rings is 1. The number of hydrogen-bond donors (Lipinski definition) is 3. The fraction of sp³-hybridized carbons (Fsp3) is 0.500. The molecule has 2 saturated heterocycles. The second-order valence-corrected chi connectivity index (χ2v) is 10.0. The number of hydrogen-bond acceptors (Lipinski definition) is 6. The van der Waals surface area contributed by atoms with Crippen molar-refractivity contribution in [3.63, 3.8) is 0 Å². The highest BCUT2D eigenvalue weighted by atomic mass is 32.2. The van der Waals surface area contributed by atoms with Crippen LogP contribution in [0.5, 0.6) is 5.75 Å². The van der Waals surface area contributed by atoms with E-state index in [1.54, 1.807) is 0 Å². The van der Waals surface area contributed by atoms with Crippen LogP contribution >= 0.6 is 23.1 Å². The summed E-state index contributed by atoms with van der Waals surface area (Å²) in [5.74, 6) is 4.40. The van der Waals surface area contributed by atoms with Crippen LogP contribution in [0.3, 0.4) is 0 Å². The largest absolute Gasteiger partial charge is 0.493 e. The quantitative estimate of drug-likeness (QED) is 0.289. The lowest BCUT2D eigenvalue weighted by atomic mass is 10.0. The topological polar surface area (TPSA) is 92.3 Å². The second-order valence-electron chi connectivity index (χ2n) is 7.71. The third-order valence-electron chi connectivity index (χ3n) is 5.48. The number of aromatic nitrogens is 1. The number of nitrogens with zero attached hydrogens (tertiary/aromatic N) is 1. The zero-order chi connectivity index (χ0) is 21.6. The number of ether oxygens (including phenoxy) is 1. The van der Waals surface area contributed by atoms with Gasteiger partial charge in [0.05, 0.1) is 28.9 Å². The van der Waals surface area contributed by atoms with Gasteiger partial charge in [0.15, 0.2) is 5.01 Å². The van der Waals surface area contributed by atoms with Gasteiger partial charge in [0.25, 0.3) is 0 Å². The lowest BCUT2D eigenvalue weighted by Gasteiger charge is -2.16. The van der Waals surface area contributed by atoms with Crippen molar-refractivity contribution < 1.29 is 14.3 Å². The molecular weight excluding hydrogens is 432 g/mol. The Labute approximate surface area is 190 Å². The highest BCUT2D eigenvalue weighted by Gasteiger charge is 2.42. The van der Waals surface area contributed by atoms with Gasteiger partial charge >= 0.3 is 6.03 Å². The van der Waals surface area contributed by atoms with E-state index in [1.807, 2.05) is 30.0 Å². The molecule has 3 heterocycles. The number of unbranched alkanes of at least 4 members (excludes halogenated alkanes) is 1. The molecule has 1 aromatic heterocycles. The van der Waals surface area contributed by atoms with Crippen LogP contribution in [0.4, 0.5) is 4.79 Å². The van der Waals surface area contributed by atoms with E-state index in [9.17, 15) is 9.59 Å². The molecule has 0 saturated carbocycles. The molecule has 2 fully saturated rings. The monoisotopic (exact) mass is 458 g/mol. The fourth-order valence-electron chi connectivity index (χ4n) is 3.91. The van der Waals surface area contributed by atoms with Crippen LogP contribution in [0.1, 0.15) is 37.1 Å². The first-order valence-corrected chi connectivity index (χ1v) is 12.4. The molecule has 164 valence electrons. The summed E-state index contributed by atoms with van der Waals surface area (Å²) in [4.78, 5) is 27.8. The summed E-state index contributed by atoms with van der Waals surface area (Å²) in [7, 11) is 0. The van der Waals surface area contributed by atoms with Gasteiger partial charge in [-0.05, 0) is 43.4 Å². The lowest BCUT2D eigenvalue weighted by Crippen LogP contribution is -2.36. The normalized spacial score (nSPS) is 21.9. The van der Waals surface area contributed by atoms with Crippen LogP contribution in [0.2, 0.25) is 0 Å². The first kappa shape index (κ1) is 21.8. The van der Waals surface area contributed by atoms with Gasteiger partial charge in [-0.1, -0.05) is 6.42 Å². The molecule has 0 spiro atoms. The van der Waals surface area contributed by atoms with Gasteiger partial charge in [0, 0.05) is 24.0 Å². The van der Waals surface area contributed by atoms with Crippen LogP contribution in [0.25, 0.3) is 10.2 Å². The summed E-state index contributed by atoms with van der Waals surface area (Å²) in [5, 5.41) is 10.0. The molecule has 9 heteroatoms. The van der Waals surface area contributed by atoms with E-state index in [-0.39, 0.29) is 24.0 Å². The molecular formula is C22H26N4O3S2. The molecule has 0 bridgehead atoms. The predicted octanol–water partition coefficient (Wildman–Crippen LogP) is 2.89. The first-order chi connectivity index (χ1) is 15.1. The van der Waals surface area contributed by atoms with Crippen LogP contribution in [0, 0.1) is 12.3 Å². The van der Waals surface area contributed by atoms with Crippen molar-refractivity contribution in [3.8, 4) is 18.1 Å². The minimum Gasteiger partial charge on any atom is -0.493 e. The Morgan fingerprint density at radius 2 is 2.23 bits per heavy atom. The number of thioether (sulfide) groups is 1. The number of urea groups is 1. The van der Waals surface area contributed by atoms with Crippen molar-refractivity contribution in [3.05, 3.63) is 23.2 Å². The van der Waals surface area contributed by atoms with Crippen molar-refractivity contribution in [2.75, 3.05) is 18.9 Å². The van der Waals surface area contributed by atoms with Crippen LogP contribution in [-0.4, -0.2) is 53.2 Å². The zero-order valence-electron chi connectivity index (χ0n) is 17.2. The molecule has 2 aromatic rings. The summed E-state index contributed by atoms with van der Waals surface area (Å²) in [6, 6.07) is 6.19. The predicted molar refractivity (Wildman–Crippen MR) is 125 cm³/mol. The number of fused-ring (bicyclic) bond motifs is 2. The number of nitrogens with one attached hydrogen (secondary N) is 3. The average Bonchev–Trinajstić information content (AvgIpc) is 3.44. The van der Waals surface area contributed by atoms with Crippen molar-refractivity contribution in [1.82, 2.24) is 20.9 Å². The van der Waals surface area contributed by atoms with Crippen LogP contribution < -0.4 is 20.7 Å². The van der Waals surface area contributed by atoms with Gasteiger partial charge in [0.2, 0.25) is 5.91 Å². The minimum atomic E-state index is -0.0502. The van der Waals surface area contributed by atoms with Crippen molar-refractivity contribution >= 4 is 45.3 Å². The molecule has 0 radical (unpaired) electrons. The van der Waals surface area contributed by atoms with E-state index in [4.69, 9.17) is 11.2 Å². The van der Waals surface area contributed by atoms with E-state index in [1.165, 1.54) is 11.3 Å². The number of rotatable bonds is 10. The zero-order valence-corrected chi connectivity index (χ0v) is 18.8. The highest BCUT2D eigenvalue weighted by Crippen LogP contribution is 2.33. The molecule has 2 aliphatic rings. The lowest BCUT2D eigenvalue weighted by molar-refractivity contribution is -0.121. The third-order valence-corrected chi connectivity index (χ3v) is 7.93. The summed E-state index contributed by atoms with van der Waals surface area (Å²) in [6.45, 7) is 1.14. The van der Waals surface area contributed by atoms with Gasteiger partial charge in [-0.15, -0.1) is 17.8 Å². The summed E-state index contributed by atoms with van der Waals surface area (Å²) in [6.07, 6.45) is 9.57. The standard InChI is InChI=1S/C22H26N4O3S2/c1-2-20-24-15-9-8-14(12-18(15)31-20)29-11-5-10-23-19(27)7-4-3-6-17-21-16(13-30-17)25-22(28)26-21/h1,8-9,12,16-17,21H,3-7,10-11,13H2,(H,23,27)(H2,25,26,28)/t16-,17-,21-/m0/s1. The average molecular weight is 459 g/mol. The second kappa shape index (κ2) is 10.2. The molecule has 4 rings (SSSR count). The maximum Gasteiger partial charge on any atom is 0.315 e. The molecule has 7 nitrogen and oxygen atoms in total. The Morgan fingerprint density at radius 3 is 3.10 bits per heavy atom. The summed E-state index contributed by atoms with van der Waals surface area (Å²) >= 11 is 3.39. The Kier molecular flexibility index (Phi) is 7.20. The molecule has 3 atom stereocenters. The third kappa shape index (κ3) is 5.63. The molecule has 0 aliphatic carbocycles. The number of benzene rings is 1. The van der Waals surface area contributed by atoms with Crippen molar-refractivity contribution in [2.24, 2.45) is 0 Å². The van der Waals surface area contributed by atoms with E-state index in [0.717, 1.165) is 47.4 Å². The SMILES string of the molecule is C#Cc1nc2ccc(OCCCNC(=O)CCCC[C@@H]3SC[C@@H]4NC(=O)N[C@@H]43)cc2s1. The maximum atomic E-state index is 12.0. The highest BCUT2D eigenvalue weighted by molar-refractivity contribution is 8.00. The van der Waals surface area contributed by atoms with Crippen molar-refractivity contribution in [1.29, 1.82) is 0 Å². The first-order valence-electron chi connectivity index (χ1n) is 10.6. The summed E-state index contributed by atoms with van der Waals surface area (Å²) < 4.78 is 6.79. The maximum absolute atomic E-state index is 12.0. The van der Waals surface area contributed by atoms with E-state index < -0.39 is 0 Å². The van der Waals surface area contributed by atoms with Crippen molar-refractivity contribution in [2.45, 2.75) is 49.4 Å². The number of carbonyl (C=O) groups excluding carboxylic acids is 2. The molecule has 2 aliphatic heterocycles. The number of terminal acetylenes is 1. The van der Waals surface area contributed by atoms with E-state index in [2.05, 4.69) is 26.9 Å². The molecule has 0 unspecified atom stereocenters. The van der Waals surface area contributed by atoms with Gasteiger partial charge in [-0.2, -0.15) is 11.8 Å². The Morgan fingerprint density at radius 1 is 1.32 bits per heavy atom. The van der Waals surface area contributed by atoms with Gasteiger partial charge in [-0.3, -0.25) is 4.79 Å². The van der Waals surface area contributed by atoms with Crippen LogP contribution in [-0.2, 0) is 4.79 Å². The van der Waals surface area contributed by atoms with Gasteiger partial charge in [0.1, 0.15) is 5.75 Å². The van der Waals surface area contributed by atoms with Crippen LogP contribution in [0.15, 0.2) is 18.2 Å². The summed E-state index contributed by atoms with van der Waals surface area (Å²) in [5.41, 5.74) is 0.883.